The molecule has 0 aromatic heterocycles. The van der Waals surface area contributed by atoms with Gasteiger partial charge in [-0.1, -0.05) is 0 Å². The molecule has 0 unspecified atom stereocenters. The molecule has 6 nitrogen and oxygen atoms in total. The lowest BCUT2D eigenvalue weighted by molar-refractivity contribution is -0.129. The van der Waals surface area contributed by atoms with Gasteiger partial charge in [-0.15, -0.1) is 0 Å². The number of nitrogens with one attached hydrogen (secondary N) is 1. The van der Waals surface area contributed by atoms with E-state index in [0.29, 0.717) is 25.8 Å². The molecule has 0 saturated carbocycles. The molecule has 0 aliphatic carbocycles. The van der Waals surface area contributed by atoms with Gasteiger partial charge in [-0.3, -0.25) is 9.59 Å². The third-order valence-corrected chi connectivity index (χ3v) is 4.18. The molecule has 132 valence electrons. The number of likely N-dealkylation sites (tertiary alicyclic amines) is 1. The number of rotatable bonds is 8. The molecule has 0 radical (unpaired) electrons. The van der Waals surface area contributed by atoms with Gasteiger partial charge in [-0.25, -0.2) is 0 Å². The zero-order valence-electron chi connectivity index (χ0n) is 14.6. The molecule has 1 fully saturated rings. The van der Waals surface area contributed by atoms with Gasteiger partial charge in [-0.2, -0.15) is 0 Å². The minimum absolute atomic E-state index is 0.0287. The fourth-order valence-electron chi connectivity index (χ4n) is 2.95. The molecule has 1 heterocycles. The van der Waals surface area contributed by atoms with Gasteiger partial charge >= 0.3 is 0 Å². The quantitative estimate of drug-likeness (QED) is 0.787. The highest BCUT2D eigenvalue weighted by molar-refractivity contribution is 5.79. The monoisotopic (exact) mass is 334 g/mol. The molecule has 1 aromatic rings. The largest absolute Gasteiger partial charge is 0.497 e. The van der Waals surface area contributed by atoms with Crippen LogP contribution in [0.1, 0.15) is 31.7 Å². The molecule has 0 bridgehead atoms. The van der Waals surface area contributed by atoms with Crippen LogP contribution in [-0.4, -0.2) is 50.1 Å². The number of hydrogen-bond acceptors (Lipinski definition) is 4. The molecular formula is C18H26N2O4. The molecule has 1 aliphatic heterocycles. The van der Waals surface area contributed by atoms with Crippen molar-refractivity contribution in [3.8, 4) is 11.5 Å². The van der Waals surface area contributed by atoms with Crippen molar-refractivity contribution in [1.29, 1.82) is 0 Å². The first kappa shape index (κ1) is 18.1. The average molecular weight is 334 g/mol. The van der Waals surface area contributed by atoms with Crippen molar-refractivity contribution < 1.29 is 19.1 Å². The number of hydrogen-bond donors (Lipinski definition) is 1. The summed E-state index contributed by atoms with van der Waals surface area (Å²) in [5.74, 6) is 1.64. The number of amides is 2. The molecule has 1 aromatic carbocycles. The van der Waals surface area contributed by atoms with E-state index < -0.39 is 0 Å². The summed E-state index contributed by atoms with van der Waals surface area (Å²) >= 11 is 0. The van der Waals surface area contributed by atoms with E-state index in [1.807, 2.05) is 30.0 Å². The van der Waals surface area contributed by atoms with Gasteiger partial charge in [-0.05, 0) is 43.5 Å². The van der Waals surface area contributed by atoms with Crippen LogP contribution in [-0.2, 0) is 16.0 Å². The Labute approximate surface area is 143 Å². The second-order valence-corrected chi connectivity index (χ2v) is 6.09. The van der Waals surface area contributed by atoms with Crippen molar-refractivity contribution >= 4 is 11.8 Å². The Kier molecular flexibility index (Phi) is 6.46. The minimum Gasteiger partial charge on any atom is -0.497 e. The summed E-state index contributed by atoms with van der Waals surface area (Å²) in [6.45, 7) is 3.29. The van der Waals surface area contributed by atoms with E-state index in [1.165, 1.54) is 0 Å². The predicted molar refractivity (Wildman–Crippen MR) is 91.3 cm³/mol. The van der Waals surface area contributed by atoms with Crippen LogP contribution in [0, 0.1) is 0 Å². The van der Waals surface area contributed by atoms with Crippen molar-refractivity contribution in [3.05, 3.63) is 23.8 Å². The lowest BCUT2D eigenvalue weighted by Crippen LogP contribution is -2.42. The van der Waals surface area contributed by atoms with Crippen molar-refractivity contribution in [2.24, 2.45) is 0 Å². The Bertz CT molecular complexity index is 588. The van der Waals surface area contributed by atoms with Crippen molar-refractivity contribution in [2.75, 3.05) is 27.3 Å². The number of methoxy groups -OCH3 is 2. The summed E-state index contributed by atoms with van der Waals surface area (Å²) in [4.78, 5) is 25.6. The molecule has 1 N–H and O–H groups in total. The minimum atomic E-state index is -0.0493. The van der Waals surface area contributed by atoms with Crippen LogP contribution in [0.4, 0.5) is 0 Å². The highest BCUT2D eigenvalue weighted by Gasteiger charge is 2.22. The smallest absolute Gasteiger partial charge is 0.222 e. The predicted octanol–water partition coefficient (Wildman–Crippen LogP) is 1.76. The van der Waals surface area contributed by atoms with Gasteiger partial charge in [0.15, 0.2) is 0 Å². The van der Waals surface area contributed by atoms with E-state index in [1.54, 1.807) is 14.2 Å². The highest BCUT2D eigenvalue weighted by Crippen LogP contribution is 2.25. The Morgan fingerprint density at radius 2 is 2.12 bits per heavy atom. The third kappa shape index (κ3) is 4.88. The first-order valence-corrected chi connectivity index (χ1v) is 8.31. The summed E-state index contributed by atoms with van der Waals surface area (Å²) in [5.41, 5.74) is 0.939. The van der Waals surface area contributed by atoms with E-state index in [4.69, 9.17) is 9.47 Å². The Morgan fingerprint density at radius 3 is 2.75 bits per heavy atom. The van der Waals surface area contributed by atoms with E-state index in [9.17, 15) is 9.59 Å². The van der Waals surface area contributed by atoms with Gasteiger partial charge in [0.2, 0.25) is 11.8 Å². The number of benzene rings is 1. The van der Waals surface area contributed by atoms with E-state index >= 15 is 0 Å². The summed E-state index contributed by atoms with van der Waals surface area (Å²) in [5, 5.41) is 2.96. The summed E-state index contributed by atoms with van der Waals surface area (Å²) < 4.78 is 10.5. The first-order valence-electron chi connectivity index (χ1n) is 8.31. The normalized spacial score (nSPS) is 15.3. The SMILES string of the molecule is COc1ccc(OC)c(CCC(=O)N[C@H](C)CN2CCCC2=O)c1. The maximum atomic E-state index is 12.1. The third-order valence-electron chi connectivity index (χ3n) is 4.18. The van der Waals surface area contributed by atoms with Crippen molar-refractivity contribution in [2.45, 2.75) is 38.6 Å². The molecule has 1 saturated heterocycles. The lowest BCUT2D eigenvalue weighted by Gasteiger charge is -2.21. The molecule has 2 rings (SSSR count). The summed E-state index contributed by atoms with van der Waals surface area (Å²) in [6, 6.07) is 5.51. The number of ether oxygens (including phenoxy) is 2. The molecule has 1 atom stereocenters. The topological polar surface area (TPSA) is 67.9 Å². The number of carbonyl (C=O) groups excluding carboxylic acids is 2. The van der Waals surface area contributed by atoms with E-state index in [-0.39, 0.29) is 17.9 Å². The van der Waals surface area contributed by atoms with Gasteiger partial charge in [0, 0.05) is 32.0 Å². The van der Waals surface area contributed by atoms with E-state index in [0.717, 1.165) is 30.0 Å². The first-order chi connectivity index (χ1) is 11.5. The van der Waals surface area contributed by atoms with Crippen LogP contribution in [0.2, 0.25) is 0 Å². The van der Waals surface area contributed by atoms with Crippen LogP contribution in [0.5, 0.6) is 11.5 Å². The Balaban J connectivity index is 1.83. The van der Waals surface area contributed by atoms with Crippen LogP contribution < -0.4 is 14.8 Å². The molecular weight excluding hydrogens is 308 g/mol. The van der Waals surface area contributed by atoms with Crippen LogP contribution in [0.3, 0.4) is 0 Å². The molecule has 6 heteroatoms. The highest BCUT2D eigenvalue weighted by atomic mass is 16.5. The molecule has 1 aliphatic rings. The zero-order chi connectivity index (χ0) is 17.5. The van der Waals surface area contributed by atoms with Gasteiger partial charge in [0.1, 0.15) is 11.5 Å². The average Bonchev–Trinajstić information content (AvgIpc) is 2.97. The lowest BCUT2D eigenvalue weighted by atomic mass is 10.1. The zero-order valence-corrected chi connectivity index (χ0v) is 14.6. The second kappa shape index (κ2) is 8.57. The summed E-state index contributed by atoms with van der Waals surface area (Å²) in [6.07, 6.45) is 2.47. The maximum Gasteiger partial charge on any atom is 0.222 e. The van der Waals surface area contributed by atoms with Crippen molar-refractivity contribution in [3.63, 3.8) is 0 Å². The molecule has 24 heavy (non-hydrogen) atoms. The van der Waals surface area contributed by atoms with E-state index in [2.05, 4.69) is 5.32 Å². The second-order valence-electron chi connectivity index (χ2n) is 6.09. The van der Waals surface area contributed by atoms with Gasteiger partial charge in [0.25, 0.3) is 0 Å². The number of carbonyl (C=O) groups is 2. The molecule has 0 spiro atoms. The number of aryl methyl sites for hydroxylation is 1. The van der Waals surface area contributed by atoms with Crippen LogP contribution >= 0.6 is 0 Å². The van der Waals surface area contributed by atoms with Crippen LogP contribution in [0.15, 0.2) is 18.2 Å². The standard InChI is InChI=1S/C18H26N2O4/c1-13(12-20-10-4-5-18(20)22)19-17(21)9-6-14-11-15(23-2)7-8-16(14)24-3/h7-8,11,13H,4-6,9-10,12H2,1-3H3,(H,19,21)/t13-/m1/s1. The maximum absolute atomic E-state index is 12.1. The Hall–Kier alpha value is -2.24. The molecule has 2 amide bonds. The Morgan fingerprint density at radius 1 is 1.33 bits per heavy atom. The fourth-order valence-corrected chi connectivity index (χ4v) is 2.95. The van der Waals surface area contributed by atoms with Gasteiger partial charge in [0.05, 0.1) is 14.2 Å². The number of nitrogens with zero attached hydrogens (tertiary/aromatic N) is 1. The van der Waals surface area contributed by atoms with Crippen molar-refractivity contribution in [1.82, 2.24) is 10.2 Å². The fraction of sp³-hybridized carbons (Fsp3) is 0.556. The summed E-state index contributed by atoms with van der Waals surface area (Å²) in [7, 11) is 3.22. The van der Waals surface area contributed by atoms with Gasteiger partial charge < -0.3 is 19.7 Å². The van der Waals surface area contributed by atoms with Crippen LogP contribution in [0.25, 0.3) is 0 Å².